The minimum atomic E-state index is -1.12. The summed E-state index contributed by atoms with van der Waals surface area (Å²) in [4.78, 5) is 42.7. The van der Waals surface area contributed by atoms with Crippen molar-refractivity contribution in [3.05, 3.63) is 18.2 Å². The molecule has 140 valence electrons. The zero-order chi connectivity index (χ0) is 19.1. The van der Waals surface area contributed by atoms with E-state index >= 15 is 0 Å². The number of nitrogens with one attached hydrogen (secondary N) is 3. The number of hydrogen-bond donors (Lipinski definition) is 5. The van der Waals surface area contributed by atoms with E-state index in [4.69, 9.17) is 5.73 Å². The summed E-state index contributed by atoms with van der Waals surface area (Å²) in [5.41, 5.74) is 6.58. The van der Waals surface area contributed by atoms with Crippen LogP contribution < -0.4 is 16.4 Å². The highest BCUT2D eigenvalue weighted by Gasteiger charge is 2.31. The summed E-state index contributed by atoms with van der Waals surface area (Å²) in [6.07, 6.45) is 3.31. The van der Waals surface area contributed by atoms with Crippen molar-refractivity contribution in [3.63, 3.8) is 0 Å². The predicted molar refractivity (Wildman–Crippen MR) is 91.4 cm³/mol. The average molecular weight is 353 g/mol. The molecule has 9 heteroatoms. The maximum atomic E-state index is 12.4. The van der Waals surface area contributed by atoms with Crippen LogP contribution in [0.15, 0.2) is 12.5 Å². The van der Waals surface area contributed by atoms with Crippen LogP contribution in [0.3, 0.4) is 0 Å². The van der Waals surface area contributed by atoms with Gasteiger partial charge in [0.15, 0.2) is 0 Å². The molecule has 2 amide bonds. The van der Waals surface area contributed by atoms with E-state index in [1.165, 1.54) is 6.33 Å². The molecular weight excluding hydrogens is 326 g/mol. The first-order chi connectivity index (χ1) is 11.6. The Kier molecular flexibility index (Phi) is 7.56. The van der Waals surface area contributed by atoms with Gasteiger partial charge in [0.25, 0.3) is 0 Å². The molecule has 1 aromatic rings. The number of carbonyl (C=O) groups is 3. The number of H-pyrrole nitrogens is 1. The molecule has 6 N–H and O–H groups in total. The lowest BCUT2D eigenvalue weighted by atomic mass is 9.99. The highest BCUT2D eigenvalue weighted by Crippen LogP contribution is 2.07. The van der Waals surface area contributed by atoms with Crippen LogP contribution in [0.2, 0.25) is 0 Å². The smallest absolute Gasteiger partial charge is 0.326 e. The normalized spacial score (nSPS) is 14.8. The molecule has 1 rings (SSSR count). The number of aromatic amines is 1. The lowest BCUT2D eigenvalue weighted by Gasteiger charge is -2.26. The number of aliphatic carboxylic acids is 1. The molecule has 0 fully saturated rings. The first-order valence-electron chi connectivity index (χ1n) is 8.19. The minimum absolute atomic E-state index is 0.232. The van der Waals surface area contributed by atoms with E-state index in [2.05, 4.69) is 20.6 Å². The molecule has 0 unspecified atom stereocenters. The number of nitrogens with two attached hydrogens (primary N) is 1. The molecule has 0 saturated carbocycles. The standard InChI is InChI=1S/C16H27N5O4/c1-8(2)12(15(23)21-13(9(3)4)16(24)25)20-14(22)11(17)5-10-6-18-7-19-10/h6-9,11-13H,5,17H2,1-4H3,(H,18,19)(H,20,22)(H,21,23)(H,24,25)/t11-,12-,13-/m0/s1. The van der Waals surface area contributed by atoms with Crippen LogP contribution in [-0.2, 0) is 20.8 Å². The highest BCUT2D eigenvalue weighted by molar-refractivity contribution is 5.92. The second-order valence-corrected chi connectivity index (χ2v) is 6.69. The molecule has 0 aromatic carbocycles. The van der Waals surface area contributed by atoms with Crippen LogP contribution in [0, 0.1) is 11.8 Å². The predicted octanol–water partition coefficient (Wildman–Crippen LogP) is -0.354. The Bertz CT molecular complexity index is 585. The molecule has 9 nitrogen and oxygen atoms in total. The molecule has 3 atom stereocenters. The first-order valence-corrected chi connectivity index (χ1v) is 8.19. The van der Waals surface area contributed by atoms with Crippen LogP contribution in [0.4, 0.5) is 0 Å². The maximum absolute atomic E-state index is 12.4. The van der Waals surface area contributed by atoms with Crippen molar-refractivity contribution in [1.82, 2.24) is 20.6 Å². The largest absolute Gasteiger partial charge is 0.480 e. The summed E-state index contributed by atoms with van der Waals surface area (Å²) in [7, 11) is 0. The van der Waals surface area contributed by atoms with Crippen LogP contribution in [0.5, 0.6) is 0 Å². The van der Waals surface area contributed by atoms with Crippen LogP contribution in [-0.4, -0.2) is 51.0 Å². The van der Waals surface area contributed by atoms with Gasteiger partial charge in [-0.2, -0.15) is 0 Å². The number of carboxylic acids is 1. The van der Waals surface area contributed by atoms with Crippen molar-refractivity contribution in [2.24, 2.45) is 17.6 Å². The number of aromatic nitrogens is 2. The third kappa shape index (κ3) is 6.18. The van der Waals surface area contributed by atoms with Gasteiger partial charge in [-0.15, -0.1) is 0 Å². The molecule has 1 heterocycles. The average Bonchev–Trinajstić information content (AvgIpc) is 3.01. The Morgan fingerprint density at radius 2 is 1.68 bits per heavy atom. The summed E-state index contributed by atoms with van der Waals surface area (Å²) in [6.45, 7) is 6.91. The van der Waals surface area contributed by atoms with E-state index in [9.17, 15) is 19.5 Å². The fourth-order valence-corrected chi connectivity index (χ4v) is 2.28. The summed E-state index contributed by atoms with van der Waals surface area (Å²) >= 11 is 0. The third-order valence-corrected chi connectivity index (χ3v) is 3.81. The zero-order valence-electron chi connectivity index (χ0n) is 14.9. The summed E-state index contributed by atoms with van der Waals surface area (Å²) in [5.74, 6) is -2.66. The highest BCUT2D eigenvalue weighted by atomic mass is 16.4. The van der Waals surface area contributed by atoms with E-state index in [1.807, 2.05) is 0 Å². The Labute approximate surface area is 146 Å². The fraction of sp³-hybridized carbons (Fsp3) is 0.625. The first kappa shape index (κ1) is 20.6. The molecule has 0 aliphatic heterocycles. The molecule has 0 radical (unpaired) electrons. The van der Waals surface area contributed by atoms with Gasteiger partial charge in [-0.3, -0.25) is 9.59 Å². The van der Waals surface area contributed by atoms with Crippen molar-refractivity contribution in [2.45, 2.75) is 52.2 Å². The number of rotatable bonds is 9. The summed E-state index contributed by atoms with van der Waals surface area (Å²) in [5, 5.41) is 14.3. The maximum Gasteiger partial charge on any atom is 0.326 e. The molecular formula is C16H27N5O4. The van der Waals surface area contributed by atoms with Crippen molar-refractivity contribution in [1.29, 1.82) is 0 Å². The van der Waals surface area contributed by atoms with Crippen LogP contribution in [0.25, 0.3) is 0 Å². The second kappa shape index (κ2) is 9.16. The zero-order valence-corrected chi connectivity index (χ0v) is 14.9. The van der Waals surface area contributed by atoms with Gasteiger partial charge in [0.2, 0.25) is 11.8 Å². The van der Waals surface area contributed by atoms with E-state index < -0.39 is 35.9 Å². The number of carboxylic acid groups (broad SMARTS) is 1. The lowest BCUT2D eigenvalue weighted by Crippen LogP contribution is -2.57. The Balaban J connectivity index is 2.73. The molecule has 0 spiro atoms. The number of carbonyl (C=O) groups excluding carboxylic acids is 2. The van der Waals surface area contributed by atoms with Gasteiger partial charge in [0.1, 0.15) is 12.1 Å². The summed E-state index contributed by atoms with van der Waals surface area (Å²) in [6, 6.07) is -2.75. The van der Waals surface area contributed by atoms with Crippen LogP contribution in [0.1, 0.15) is 33.4 Å². The monoisotopic (exact) mass is 353 g/mol. The SMILES string of the molecule is CC(C)[C@H](NC(=O)[C@@H](NC(=O)[C@@H](N)Cc1cnc[nH]1)C(C)C)C(=O)O. The second-order valence-electron chi connectivity index (χ2n) is 6.69. The molecule has 0 aliphatic carbocycles. The van der Waals surface area contributed by atoms with E-state index in [-0.39, 0.29) is 18.3 Å². The summed E-state index contributed by atoms with van der Waals surface area (Å²) < 4.78 is 0. The van der Waals surface area contributed by atoms with Gasteiger partial charge >= 0.3 is 5.97 Å². The fourth-order valence-electron chi connectivity index (χ4n) is 2.28. The van der Waals surface area contributed by atoms with Crippen molar-refractivity contribution >= 4 is 17.8 Å². The molecule has 25 heavy (non-hydrogen) atoms. The van der Waals surface area contributed by atoms with Crippen molar-refractivity contribution in [2.75, 3.05) is 0 Å². The van der Waals surface area contributed by atoms with E-state index in [0.29, 0.717) is 5.69 Å². The lowest BCUT2D eigenvalue weighted by molar-refractivity contribution is -0.143. The molecule has 1 aromatic heterocycles. The number of imidazole rings is 1. The van der Waals surface area contributed by atoms with Gasteiger partial charge in [0.05, 0.1) is 12.4 Å². The van der Waals surface area contributed by atoms with Gasteiger partial charge in [-0.25, -0.2) is 9.78 Å². The molecule has 0 saturated heterocycles. The van der Waals surface area contributed by atoms with Crippen LogP contribution >= 0.6 is 0 Å². The minimum Gasteiger partial charge on any atom is -0.480 e. The Hall–Kier alpha value is -2.42. The third-order valence-electron chi connectivity index (χ3n) is 3.81. The van der Waals surface area contributed by atoms with Gasteiger partial charge < -0.3 is 26.5 Å². The van der Waals surface area contributed by atoms with Gasteiger partial charge in [0, 0.05) is 18.3 Å². The number of nitrogens with zero attached hydrogens (tertiary/aromatic N) is 1. The Morgan fingerprint density at radius 1 is 1.12 bits per heavy atom. The topological polar surface area (TPSA) is 150 Å². The molecule has 0 bridgehead atoms. The number of hydrogen-bond acceptors (Lipinski definition) is 5. The van der Waals surface area contributed by atoms with E-state index in [1.54, 1.807) is 33.9 Å². The quantitative estimate of drug-likeness (QED) is 0.409. The number of amides is 2. The molecule has 0 aliphatic rings. The van der Waals surface area contributed by atoms with Crippen molar-refractivity contribution < 1.29 is 19.5 Å². The van der Waals surface area contributed by atoms with Crippen molar-refractivity contribution in [3.8, 4) is 0 Å². The van der Waals surface area contributed by atoms with E-state index in [0.717, 1.165) is 0 Å². The van der Waals surface area contributed by atoms with Gasteiger partial charge in [-0.1, -0.05) is 27.7 Å². The Morgan fingerprint density at radius 3 is 2.12 bits per heavy atom. The van der Waals surface area contributed by atoms with Gasteiger partial charge in [-0.05, 0) is 11.8 Å².